The second-order valence-electron chi connectivity index (χ2n) is 6.81. The van der Waals surface area contributed by atoms with E-state index in [1.807, 2.05) is 11.0 Å². The minimum atomic E-state index is -0.0154. The molecule has 140 valence electrons. The molecule has 1 N–H and O–H groups in total. The molecule has 6 heteroatoms. The Labute approximate surface area is 168 Å². The number of hydrogen-bond donors (Lipinski definition) is 1. The van der Waals surface area contributed by atoms with Crippen LogP contribution in [-0.2, 0) is 4.79 Å². The van der Waals surface area contributed by atoms with Gasteiger partial charge in [0.25, 0.3) is 5.91 Å². The minimum absolute atomic E-state index is 0.0148. The first kappa shape index (κ1) is 18.2. The smallest absolute Gasteiger partial charge is 0.260 e. The summed E-state index contributed by atoms with van der Waals surface area (Å²) in [6.07, 6.45) is 4.02. The number of carbonyl (C=O) groups is 1. The van der Waals surface area contributed by atoms with Crippen LogP contribution in [0, 0.1) is 0 Å². The van der Waals surface area contributed by atoms with Crippen molar-refractivity contribution in [3.63, 3.8) is 0 Å². The van der Waals surface area contributed by atoms with Crippen LogP contribution < -0.4 is 4.74 Å². The van der Waals surface area contributed by atoms with Gasteiger partial charge in [0.15, 0.2) is 6.61 Å². The molecule has 2 aromatic carbocycles. The summed E-state index contributed by atoms with van der Waals surface area (Å²) in [5, 5.41) is 2.23. The van der Waals surface area contributed by atoms with Crippen molar-refractivity contribution in [2.75, 3.05) is 19.7 Å². The lowest BCUT2D eigenvalue weighted by Crippen LogP contribution is -2.40. The molecule has 1 aliphatic heterocycles. The molecule has 4 rings (SSSR count). The predicted octanol–water partition coefficient (Wildman–Crippen LogP) is 5.26. The number of amides is 1. The van der Waals surface area contributed by atoms with Gasteiger partial charge in [-0.2, -0.15) is 0 Å². The van der Waals surface area contributed by atoms with Crippen LogP contribution >= 0.6 is 23.2 Å². The highest BCUT2D eigenvalue weighted by atomic mass is 35.5. The van der Waals surface area contributed by atoms with E-state index in [0.717, 1.165) is 25.9 Å². The van der Waals surface area contributed by atoms with Crippen LogP contribution in [0.1, 0.15) is 24.3 Å². The Morgan fingerprint density at radius 1 is 1.15 bits per heavy atom. The Balaban J connectivity index is 1.34. The predicted molar refractivity (Wildman–Crippen MR) is 109 cm³/mol. The highest BCUT2D eigenvalue weighted by molar-refractivity contribution is 6.35. The number of aromatic amines is 1. The lowest BCUT2D eigenvalue weighted by atomic mass is 9.89. The zero-order valence-electron chi connectivity index (χ0n) is 14.8. The van der Waals surface area contributed by atoms with Gasteiger partial charge in [-0.3, -0.25) is 4.79 Å². The number of fused-ring (bicyclic) bond motifs is 1. The normalized spacial score (nSPS) is 15.3. The number of aromatic nitrogens is 1. The molecule has 0 unspecified atom stereocenters. The van der Waals surface area contributed by atoms with E-state index in [2.05, 4.69) is 29.4 Å². The monoisotopic (exact) mass is 402 g/mol. The summed E-state index contributed by atoms with van der Waals surface area (Å²) < 4.78 is 5.58. The van der Waals surface area contributed by atoms with Crippen LogP contribution in [0.4, 0.5) is 0 Å². The maximum Gasteiger partial charge on any atom is 0.260 e. The van der Waals surface area contributed by atoms with Crippen LogP contribution in [0.2, 0.25) is 10.0 Å². The topological polar surface area (TPSA) is 45.3 Å². The molecule has 0 atom stereocenters. The largest absolute Gasteiger partial charge is 0.482 e. The van der Waals surface area contributed by atoms with Crippen molar-refractivity contribution in [3.05, 3.63) is 64.3 Å². The molecule has 1 fully saturated rings. The number of likely N-dealkylation sites (tertiary alicyclic amines) is 1. The van der Waals surface area contributed by atoms with Gasteiger partial charge in [-0.25, -0.2) is 0 Å². The van der Waals surface area contributed by atoms with Crippen LogP contribution in [-0.4, -0.2) is 35.5 Å². The fraction of sp³-hybridized carbons (Fsp3) is 0.286. The van der Waals surface area contributed by atoms with Gasteiger partial charge in [-0.15, -0.1) is 0 Å². The van der Waals surface area contributed by atoms with E-state index in [4.69, 9.17) is 27.9 Å². The third-order valence-corrected chi connectivity index (χ3v) is 5.68. The number of benzene rings is 2. The number of carbonyl (C=O) groups excluding carboxylic acids is 1. The van der Waals surface area contributed by atoms with Crippen LogP contribution in [0.15, 0.2) is 48.7 Å². The molecular weight excluding hydrogens is 383 g/mol. The fourth-order valence-electron chi connectivity index (χ4n) is 3.69. The fourth-order valence-corrected chi connectivity index (χ4v) is 4.16. The molecule has 0 spiro atoms. The highest BCUT2D eigenvalue weighted by Gasteiger charge is 2.25. The van der Waals surface area contributed by atoms with Gasteiger partial charge in [0.1, 0.15) is 5.75 Å². The molecule has 2 heterocycles. The number of nitrogens with one attached hydrogen (secondary N) is 1. The third kappa shape index (κ3) is 3.92. The summed E-state index contributed by atoms with van der Waals surface area (Å²) in [7, 11) is 0. The van der Waals surface area contributed by atoms with Gasteiger partial charge in [-0.05, 0) is 48.6 Å². The Morgan fingerprint density at radius 2 is 1.93 bits per heavy atom. The summed E-state index contributed by atoms with van der Waals surface area (Å²) in [5.41, 5.74) is 2.51. The Hall–Kier alpha value is -2.17. The Kier molecular flexibility index (Phi) is 5.28. The molecule has 1 amide bonds. The summed E-state index contributed by atoms with van der Waals surface area (Å²) in [6, 6.07) is 13.3. The molecule has 1 aliphatic rings. The first-order chi connectivity index (χ1) is 13.1. The molecule has 3 aromatic rings. The molecule has 1 saturated heterocycles. The van der Waals surface area contributed by atoms with E-state index < -0.39 is 0 Å². The van der Waals surface area contributed by atoms with Gasteiger partial charge in [-0.1, -0.05) is 41.4 Å². The van der Waals surface area contributed by atoms with Crippen molar-refractivity contribution in [1.29, 1.82) is 0 Å². The molecule has 1 aromatic heterocycles. The van der Waals surface area contributed by atoms with Gasteiger partial charge in [0.05, 0.1) is 5.02 Å². The van der Waals surface area contributed by atoms with Crippen molar-refractivity contribution in [2.24, 2.45) is 0 Å². The maximum atomic E-state index is 12.5. The second-order valence-corrected chi connectivity index (χ2v) is 7.65. The third-order valence-electron chi connectivity index (χ3n) is 5.15. The van der Waals surface area contributed by atoms with Gasteiger partial charge in [0, 0.05) is 35.2 Å². The standard InChI is InChI=1S/C21H20Cl2N2O2/c22-15-5-6-20(18(23)11-15)27-13-21(26)25-9-7-14(8-10-25)17-12-24-19-4-2-1-3-16(17)19/h1-6,11-12,14,24H,7-10,13H2. The van der Waals surface area contributed by atoms with Crippen molar-refractivity contribution in [3.8, 4) is 5.75 Å². The summed E-state index contributed by atoms with van der Waals surface area (Å²) in [6.45, 7) is 1.46. The lowest BCUT2D eigenvalue weighted by Gasteiger charge is -2.32. The van der Waals surface area contributed by atoms with E-state index in [9.17, 15) is 4.79 Å². The number of rotatable bonds is 4. The Morgan fingerprint density at radius 3 is 2.70 bits per heavy atom. The first-order valence-electron chi connectivity index (χ1n) is 9.03. The van der Waals surface area contributed by atoms with E-state index in [1.165, 1.54) is 16.5 Å². The quantitative estimate of drug-likeness (QED) is 0.646. The molecular formula is C21H20Cl2N2O2. The van der Waals surface area contributed by atoms with Crippen molar-refractivity contribution in [2.45, 2.75) is 18.8 Å². The molecule has 0 aliphatic carbocycles. The number of halogens is 2. The van der Waals surface area contributed by atoms with E-state index >= 15 is 0 Å². The molecule has 0 saturated carbocycles. The summed E-state index contributed by atoms with van der Waals surface area (Å²) in [4.78, 5) is 17.7. The molecule has 4 nitrogen and oxygen atoms in total. The molecule has 27 heavy (non-hydrogen) atoms. The van der Waals surface area contributed by atoms with Crippen LogP contribution in [0.3, 0.4) is 0 Å². The van der Waals surface area contributed by atoms with Crippen LogP contribution in [0.5, 0.6) is 5.75 Å². The zero-order chi connectivity index (χ0) is 18.8. The average molecular weight is 403 g/mol. The van der Waals surface area contributed by atoms with Crippen molar-refractivity contribution in [1.82, 2.24) is 9.88 Å². The van der Waals surface area contributed by atoms with E-state index in [1.54, 1.807) is 18.2 Å². The SMILES string of the molecule is O=C(COc1ccc(Cl)cc1Cl)N1CCC(c2c[nH]c3ccccc23)CC1. The van der Waals surface area contributed by atoms with E-state index in [-0.39, 0.29) is 12.5 Å². The number of nitrogens with zero attached hydrogens (tertiary/aromatic N) is 1. The number of piperidine rings is 1. The molecule has 0 radical (unpaired) electrons. The number of ether oxygens (including phenoxy) is 1. The van der Waals surface area contributed by atoms with Gasteiger partial charge >= 0.3 is 0 Å². The van der Waals surface area contributed by atoms with Crippen molar-refractivity contribution < 1.29 is 9.53 Å². The number of hydrogen-bond acceptors (Lipinski definition) is 2. The number of H-pyrrole nitrogens is 1. The zero-order valence-corrected chi connectivity index (χ0v) is 16.3. The van der Waals surface area contributed by atoms with Gasteiger partial charge < -0.3 is 14.6 Å². The van der Waals surface area contributed by atoms with Crippen LogP contribution in [0.25, 0.3) is 10.9 Å². The Bertz CT molecular complexity index is 962. The van der Waals surface area contributed by atoms with E-state index in [0.29, 0.717) is 21.7 Å². The summed E-state index contributed by atoms with van der Waals surface area (Å²) in [5.74, 6) is 0.929. The highest BCUT2D eigenvalue weighted by Crippen LogP contribution is 2.33. The minimum Gasteiger partial charge on any atom is -0.482 e. The maximum absolute atomic E-state index is 12.5. The average Bonchev–Trinajstić information content (AvgIpc) is 3.11. The van der Waals surface area contributed by atoms with Crippen molar-refractivity contribution >= 4 is 40.0 Å². The summed E-state index contributed by atoms with van der Waals surface area (Å²) >= 11 is 12.0. The first-order valence-corrected chi connectivity index (χ1v) is 9.79. The number of para-hydroxylation sites is 1. The molecule has 0 bridgehead atoms. The lowest BCUT2D eigenvalue weighted by molar-refractivity contribution is -0.134. The van der Waals surface area contributed by atoms with Gasteiger partial charge in [0.2, 0.25) is 0 Å². The second kappa shape index (κ2) is 7.83.